The molecule has 1 atom stereocenters. The molecule has 4 rings (SSSR count). The Morgan fingerprint density at radius 2 is 1.92 bits per heavy atom. The first kappa shape index (κ1) is 27.9. The Labute approximate surface area is 220 Å². The van der Waals surface area contributed by atoms with Crippen LogP contribution in [0.15, 0.2) is 29.4 Å². The van der Waals surface area contributed by atoms with Gasteiger partial charge in [0.15, 0.2) is 4.80 Å². The van der Waals surface area contributed by atoms with Crippen LogP contribution in [0.2, 0.25) is 0 Å². The van der Waals surface area contributed by atoms with E-state index in [2.05, 4.69) is 37.7 Å². The molecule has 0 N–H and O–H groups in total. The van der Waals surface area contributed by atoms with Crippen LogP contribution < -0.4 is 9.54 Å². The molecule has 204 valence electrons. The number of piperidine rings is 1. The van der Waals surface area contributed by atoms with Gasteiger partial charge < -0.3 is 18.9 Å². The van der Waals surface area contributed by atoms with Crippen molar-refractivity contribution in [2.24, 2.45) is 10.9 Å². The van der Waals surface area contributed by atoms with Gasteiger partial charge in [0.1, 0.15) is 5.75 Å². The van der Waals surface area contributed by atoms with E-state index in [4.69, 9.17) is 9.47 Å². The second-order valence-electron chi connectivity index (χ2n) is 11.1. The molecule has 2 aliphatic rings. The fraction of sp³-hybridized carbons (Fsp3) is 0.630. The van der Waals surface area contributed by atoms with Crippen LogP contribution in [0.25, 0.3) is 0 Å². The molecule has 0 bridgehead atoms. The maximum absolute atomic E-state index is 13.5. The van der Waals surface area contributed by atoms with Gasteiger partial charge >= 0.3 is 6.18 Å². The van der Waals surface area contributed by atoms with Crippen LogP contribution >= 0.6 is 11.3 Å². The molecule has 1 aromatic carbocycles. The monoisotopic (exact) mass is 539 g/mol. The highest BCUT2D eigenvalue weighted by molar-refractivity contribution is 7.09. The molecule has 10 heteroatoms. The van der Waals surface area contributed by atoms with Crippen molar-refractivity contribution in [1.82, 2.24) is 9.47 Å². The molecule has 3 heterocycles. The molecular weight excluding hydrogens is 503 g/mol. The van der Waals surface area contributed by atoms with E-state index in [0.29, 0.717) is 30.5 Å². The highest BCUT2D eigenvalue weighted by Gasteiger charge is 2.32. The maximum Gasteiger partial charge on any atom is 0.416 e. The smallest absolute Gasteiger partial charge is 0.416 e. The summed E-state index contributed by atoms with van der Waals surface area (Å²) in [5.74, 6) is -0.314. The minimum Gasteiger partial charge on any atom is -0.492 e. The highest BCUT2D eigenvalue weighted by Crippen LogP contribution is 2.33. The van der Waals surface area contributed by atoms with Crippen molar-refractivity contribution in [3.63, 3.8) is 0 Å². The Bertz CT molecular complexity index is 1150. The van der Waals surface area contributed by atoms with E-state index >= 15 is 0 Å². The van der Waals surface area contributed by atoms with Crippen LogP contribution in [0.3, 0.4) is 0 Å². The number of hydrogen-bond acceptors (Lipinski definition) is 5. The van der Waals surface area contributed by atoms with Crippen LogP contribution in [0.4, 0.5) is 13.2 Å². The van der Waals surface area contributed by atoms with Gasteiger partial charge in [-0.3, -0.25) is 4.79 Å². The van der Waals surface area contributed by atoms with Gasteiger partial charge in [-0.2, -0.15) is 18.2 Å². The predicted octanol–water partition coefficient (Wildman–Crippen LogP) is 5.51. The number of carbonyl (C=O) groups excluding carboxylic acids is 1. The number of ether oxygens (including phenoxy) is 2. The van der Waals surface area contributed by atoms with Crippen molar-refractivity contribution in [1.29, 1.82) is 0 Å². The normalized spacial score (nSPS) is 20.5. The van der Waals surface area contributed by atoms with Gasteiger partial charge in [0, 0.05) is 17.7 Å². The summed E-state index contributed by atoms with van der Waals surface area (Å²) in [7, 11) is 2.06. The molecule has 0 spiro atoms. The molecule has 1 amide bonds. The number of nitrogens with zero attached hydrogens (tertiary/aromatic N) is 3. The zero-order chi connectivity index (χ0) is 26.8. The zero-order valence-electron chi connectivity index (χ0n) is 21.9. The third-order valence-corrected chi connectivity index (χ3v) is 8.38. The minimum atomic E-state index is -4.58. The first-order valence-corrected chi connectivity index (χ1v) is 13.7. The Morgan fingerprint density at radius 1 is 1.19 bits per heavy atom. The number of hydrogen-bond donors (Lipinski definition) is 0. The maximum atomic E-state index is 13.5. The lowest BCUT2D eigenvalue weighted by Gasteiger charge is -2.28. The number of benzene rings is 1. The molecule has 0 radical (unpaired) electrons. The lowest BCUT2D eigenvalue weighted by Crippen LogP contribution is -2.32. The van der Waals surface area contributed by atoms with Crippen LogP contribution in [0.1, 0.15) is 67.3 Å². The predicted molar refractivity (Wildman–Crippen MR) is 137 cm³/mol. The molecule has 0 unspecified atom stereocenters. The number of rotatable bonds is 6. The Balaban J connectivity index is 1.66. The molecule has 2 aromatic rings. The van der Waals surface area contributed by atoms with Crippen molar-refractivity contribution < 1.29 is 27.4 Å². The molecule has 0 saturated carbocycles. The first-order chi connectivity index (χ1) is 17.4. The van der Waals surface area contributed by atoms with E-state index in [-0.39, 0.29) is 22.8 Å². The fourth-order valence-electron chi connectivity index (χ4n) is 4.54. The van der Waals surface area contributed by atoms with Crippen LogP contribution in [-0.2, 0) is 22.9 Å². The first-order valence-electron chi connectivity index (χ1n) is 12.8. The van der Waals surface area contributed by atoms with Crippen LogP contribution in [0.5, 0.6) is 5.75 Å². The topological polar surface area (TPSA) is 56.1 Å². The average Bonchev–Trinajstić information content (AvgIpc) is 3.48. The Morgan fingerprint density at radius 3 is 2.54 bits per heavy atom. The SMILES string of the molecule is CN1CCC(COc2ccc(C(F)(F)F)cc2C(=O)N=c2sc(C(C)(C)C)cn2C[C@H]2CCCO2)CC1. The number of halogens is 3. The second-order valence-corrected chi connectivity index (χ2v) is 12.1. The highest BCUT2D eigenvalue weighted by atomic mass is 32.1. The molecule has 2 saturated heterocycles. The summed E-state index contributed by atoms with van der Waals surface area (Å²) >= 11 is 1.38. The van der Waals surface area contributed by atoms with E-state index in [0.717, 1.165) is 55.8 Å². The standard InChI is InChI=1S/C27H36F3N3O3S/c1-26(2,3)23-16-33(15-20-6-5-13-35-20)25(37-23)31-24(34)21-14-19(27(28,29)30)7-8-22(21)36-17-18-9-11-32(4)12-10-18/h7-8,14,16,18,20H,5-6,9-13,15,17H2,1-4H3/t20-/m1/s1. The number of aromatic nitrogens is 1. The number of thiazole rings is 1. The van der Waals surface area contributed by atoms with Gasteiger partial charge in [0.2, 0.25) is 0 Å². The van der Waals surface area contributed by atoms with Gasteiger partial charge in [-0.15, -0.1) is 11.3 Å². The molecule has 1 aromatic heterocycles. The van der Waals surface area contributed by atoms with E-state index in [1.54, 1.807) is 0 Å². The Hall–Kier alpha value is -2.17. The van der Waals surface area contributed by atoms with Crippen LogP contribution in [-0.4, -0.2) is 54.8 Å². The lowest BCUT2D eigenvalue weighted by molar-refractivity contribution is -0.137. The molecule has 0 aliphatic carbocycles. The van der Waals surface area contributed by atoms with E-state index in [1.165, 1.54) is 17.4 Å². The Kier molecular flexibility index (Phi) is 8.50. The van der Waals surface area contributed by atoms with Gasteiger partial charge in [-0.25, -0.2) is 0 Å². The van der Waals surface area contributed by atoms with Crippen molar-refractivity contribution in [3.8, 4) is 5.75 Å². The van der Waals surface area contributed by atoms with Gasteiger partial charge in [0.05, 0.1) is 30.4 Å². The van der Waals surface area contributed by atoms with E-state index in [1.807, 2.05) is 10.8 Å². The summed E-state index contributed by atoms with van der Waals surface area (Å²) in [5.41, 5.74) is -1.23. The van der Waals surface area contributed by atoms with Gasteiger partial charge in [-0.05, 0) is 75.4 Å². The summed E-state index contributed by atoms with van der Waals surface area (Å²) in [6, 6.07) is 3.07. The third-order valence-electron chi connectivity index (χ3n) is 6.93. The summed E-state index contributed by atoms with van der Waals surface area (Å²) in [4.78, 5) is 21.4. The molecule has 6 nitrogen and oxygen atoms in total. The van der Waals surface area contributed by atoms with Gasteiger partial charge in [0.25, 0.3) is 5.91 Å². The van der Waals surface area contributed by atoms with Crippen molar-refractivity contribution in [2.45, 2.75) is 70.7 Å². The second kappa shape index (κ2) is 11.3. The molecule has 2 aliphatic heterocycles. The number of alkyl halides is 3. The number of carbonyl (C=O) groups is 1. The minimum absolute atomic E-state index is 0.0264. The largest absolute Gasteiger partial charge is 0.492 e. The number of amides is 1. The van der Waals surface area contributed by atoms with Crippen molar-refractivity contribution in [3.05, 3.63) is 45.2 Å². The number of likely N-dealkylation sites (tertiary alicyclic amines) is 1. The summed E-state index contributed by atoms with van der Waals surface area (Å²) in [6.45, 7) is 9.71. The average molecular weight is 540 g/mol. The van der Waals surface area contributed by atoms with Crippen molar-refractivity contribution >= 4 is 17.2 Å². The quantitative estimate of drug-likeness (QED) is 0.486. The zero-order valence-corrected chi connectivity index (χ0v) is 22.8. The summed E-state index contributed by atoms with van der Waals surface area (Å²) in [5, 5.41) is 0. The molecular formula is C27H36F3N3O3S. The van der Waals surface area contributed by atoms with Gasteiger partial charge in [-0.1, -0.05) is 20.8 Å². The molecule has 37 heavy (non-hydrogen) atoms. The third kappa shape index (κ3) is 7.23. The van der Waals surface area contributed by atoms with E-state index in [9.17, 15) is 18.0 Å². The van der Waals surface area contributed by atoms with Crippen LogP contribution in [0, 0.1) is 5.92 Å². The van der Waals surface area contributed by atoms with E-state index < -0.39 is 17.6 Å². The van der Waals surface area contributed by atoms with Crippen molar-refractivity contribution in [2.75, 3.05) is 33.4 Å². The molecule has 2 fully saturated rings. The lowest BCUT2D eigenvalue weighted by atomic mass is 9.95. The summed E-state index contributed by atoms with van der Waals surface area (Å²) in [6.07, 6.45) is 1.21. The fourth-order valence-corrected chi connectivity index (χ4v) is 5.59. The summed E-state index contributed by atoms with van der Waals surface area (Å²) < 4.78 is 54.2.